The fourth-order valence-corrected chi connectivity index (χ4v) is 3.07. The van der Waals surface area contributed by atoms with E-state index in [4.69, 9.17) is 0 Å². The number of hydrogen-bond acceptors (Lipinski definition) is 3. The first-order valence-electron chi connectivity index (χ1n) is 7.98. The van der Waals surface area contributed by atoms with Crippen molar-refractivity contribution in [1.82, 2.24) is 5.32 Å². The second kappa shape index (κ2) is 6.84. The molecular weight excluding hydrogens is 304 g/mol. The number of aliphatic hydroxyl groups excluding tert-OH is 1. The molecule has 5 heteroatoms. The molecular formula is C19H20N2O3. The predicted molar refractivity (Wildman–Crippen MR) is 91.4 cm³/mol. The highest BCUT2D eigenvalue weighted by atomic mass is 16.3. The van der Waals surface area contributed by atoms with E-state index in [1.54, 1.807) is 6.07 Å². The van der Waals surface area contributed by atoms with Gasteiger partial charge >= 0.3 is 11.8 Å². The van der Waals surface area contributed by atoms with Gasteiger partial charge in [0.2, 0.25) is 0 Å². The number of benzene rings is 2. The maximum absolute atomic E-state index is 12.5. The van der Waals surface area contributed by atoms with Gasteiger partial charge in [0.1, 0.15) is 0 Å². The van der Waals surface area contributed by atoms with Crippen LogP contribution in [0.1, 0.15) is 29.5 Å². The maximum Gasteiger partial charge on any atom is 0.316 e. The van der Waals surface area contributed by atoms with Crippen molar-refractivity contribution in [1.29, 1.82) is 0 Å². The number of nitrogens with one attached hydrogen (secondary N) is 1. The van der Waals surface area contributed by atoms with Crippen LogP contribution < -0.4 is 10.2 Å². The van der Waals surface area contributed by atoms with Gasteiger partial charge in [-0.2, -0.15) is 0 Å². The molecule has 0 saturated heterocycles. The van der Waals surface area contributed by atoms with Crippen molar-refractivity contribution in [3.8, 4) is 0 Å². The van der Waals surface area contributed by atoms with E-state index in [9.17, 15) is 14.7 Å². The Morgan fingerprint density at radius 2 is 1.79 bits per heavy atom. The predicted octanol–water partition coefficient (Wildman–Crippen LogP) is 1.95. The van der Waals surface area contributed by atoms with Gasteiger partial charge in [0.05, 0.1) is 6.61 Å². The number of fused-ring (bicyclic) bond motifs is 1. The summed E-state index contributed by atoms with van der Waals surface area (Å²) in [5, 5.41) is 12.0. The smallest absolute Gasteiger partial charge is 0.316 e. The number of para-hydroxylation sites is 1. The van der Waals surface area contributed by atoms with Gasteiger partial charge in [-0.05, 0) is 22.8 Å². The number of carbonyl (C=O) groups excluding carboxylic acids is 2. The normalized spacial score (nSPS) is 15.9. The van der Waals surface area contributed by atoms with Crippen LogP contribution in [0.3, 0.4) is 0 Å². The number of amides is 2. The van der Waals surface area contributed by atoms with Gasteiger partial charge in [-0.15, -0.1) is 0 Å². The zero-order valence-corrected chi connectivity index (χ0v) is 13.5. The Bertz CT molecular complexity index is 773. The number of hydrogen-bond donors (Lipinski definition) is 2. The fraction of sp³-hybridized carbons (Fsp3) is 0.263. The zero-order valence-electron chi connectivity index (χ0n) is 13.5. The molecule has 0 saturated carbocycles. The topological polar surface area (TPSA) is 69.6 Å². The number of aliphatic hydroxyl groups is 1. The van der Waals surface area contributed by atoms with Crippen molar-refractivity contribution in [2.24, 2.45) is 0 Å². The van der Waals surface area contributed by atoms with E-state index in [2.05, 4.69) is 5.32 Å². The first kappa shape index (κ1) is 16.2. The average Bonchev–Trinajstić information content (AvgIpc) is 2.96. The third kappa shape index (κ3) is 3.03. The summed E-state index contributed by atoms with van der Waals surface area (Å²) in [7, 11) is 0. The summed E-state index contributed by atoms with van der Waals surface area (Å²) in [5.41, 5.74) is 3.44. The molecule has 124 valence electrons. The fourth-order valence-electron chi connectivity index (χ4n) is 3.07. The molecule has 5 nitrogen and oxygen atoms in total. The largest absolute Gasteiger partial charge is 0.392 e. The molecule has 0 fully saturated rings. The molecule has 2 aromatic carbocycles. The number of rotatable bonds is 3. The minimum absolute atomic E-state index is 0.100. The van der Waals surface area contributed by atoms with E-state index >= 15 is 0 Å². The van der Waals surface area contributed by atoms with Gasteiger partial charge in [-0.1, -0.05) is 49.4 Å². The number of carbonyl (C=O) groups is 2. The molecule has 0 spiro atoms. The molecule has 0 aromatic heterocycles. The van der Waals surface area contributed by atoms with E-state index in [0.29, 0.717) is 6.54 Å². The molecule has 0 bridgehead atoms. The quantitative estimate of drug-likeness (QED) is 0.848. The summed E-state index contributed by atoms with van der Waals surface area (Å²) in [6.07, 6.45) is 0. The summed E-state index contributed by atoms with van der Waals surface area (Å²) in [6.45, 7) is 2.67. The van der Waals surface area contributed by atoms with Gasteiger partial charge in [-0.3, -0.25) is 9.59 Å². The Balaban J connectivity index is 1.69. The lowest BCUT2D eigenvalue weighted by atomic mass is 10.0. The summed E-state index contributed by atoms with van der Waals surface area (Å²) in [4.78, 5) is 26.3. The third-order valence-corrected chi connectivity index (χ3v) is 4.38. The van der Waals surface area contributed by atoms with Gasteiger partial charge in [-0.25, -0.2) is 0 Å². The lowest BCUT2D eigenvalue weighted by molar-refractivity contribution is -0.137. The Morgan fingerprint density at radius 1 is 1.12 bits per heavy atom. The van der Waals surface area contributed by atoms with E-state index < -0.39 is 11.8 Å². The summed E-state index contributed by atoms with van der Waals surface area (Å²) in [6, 6.07) is 14.9. The summed E-state index contributed by atoms with van der Waals surface area (Å²) in [5.74, 6) is -0.965. The minimum Gasteiger partial charge on any atom is -0.392 e. The minimum atomic E-state index is -0.633. The van der Waals surface area contributed by atoms with Crippen LogP contribution in [0.4, 0.5) is 5.69 Å². The SMILES string of the molecule is CC1CN(C(=O)C(=O)NCc2ccccc2CO)c2ccccc21. The van der Waals surface area contributed by atoms with Crippen molar-refractivity contribution in [2.75, 3.05) is 11.4 Å². The van der Waals surface area contributed by atoms with E-state index in [1.807, 2.05) is 49.4 Å². The monoisotopic (exact) mass is 324 g/mol. The maximum atomic E-state index is 12.5. The van der Waals surface area contributed by atoms with E-state index in [1.165, 1.54) is 4.90 Å². The summed E-state index contributed by atoms with van der Waals surface area (Å²) >= 11 is 0. The number of anilines is 1. The van der Waals surface area contributed by atoms with Gasteiger partial charge in [0.25, 0.3) is 0 Å². The Morgan fingerprint density at radius 3 is 2.54 bits per heavy atom. The van der Waals surface area contributed by atoms with Crippen molar-refractivity contribution in [2.45, 2.75) is 26.0 Å². The molecule has 0 aliphatic carbocycles. The van der Waals surface area contributed by atoms with Crippen LogP contribution >= 0.6 is 0 Å². The molecule has 1 atom stereocenters. The highest BCUT2D eigenvalue weighted by Crippen LogP contribution is 2.35. The van der Waals surface area contributed by atoms with Crippen LogP contribution in [0.2, 0.25) is 0 Å². The van der Waals surface area contributed by atoms with Crippen LogP contribution in [-0.2, 0) is 22.7 Å². The zero-order chi connectivity index (χ0) is 17.1. The first-order chi connectivity index (χ1) is 11.6. The molecule has 1 unspecified atom stereocenters. The van der Waals surface area contributed by atoms with Gasteiger partial charge in [0.15, 0.2) is 0 Å². The Hall–Kier alpha value is -2.66. The van der Waals surface area contributed by atoms with Crippen LogP contribution in [0.25, 0.3) is 0 Å². The highest BCUT2D eigenvalue weighted by molar-refractivity contribution is 6.40. The first-order valence-corrected chi connectivity index (χ1v) is 7.98. The van der Waals surface area contributed by atoms with Crippen molar-refractivity contribution in [3.05, 3.63) is 65.2 Å². The Labute approximate surface area is 140 Å². The molecule has 0 radical (unpaired) electrons. The van der Waals surface area contributed by atoms with Gasteiger partial charge in [0, 0.05) is 24.7 Å². The number of nitrogens with zero attached hydrogens (tertiary/aromatic N) is 1. The lowest BCUT2D eigenvalue weighted by Gasteiger charge is -2.17. The average molecular weight is 324 g/mol. The molecule has 24 heavy (non-hydrogen) atoms. The van der Waals surface area contributed by atoms with E-state index in [0.717, 1.165) is 22.4 Å². The highest BCUT2D eigenvalue weighted by Gasteiger charge is 2.32. The van der Waals surface area contributed by atoms with Crippen molar-refractivity contribution < 1.29 is 14.7 Å². The standard InChI is InChI=1S/C19H20N2O3/c1-13-11-21(17-9-5-4-8-16(13)17)19(24)18(23)20-10-14-6-2-3-7-15(14)12-22/h2-9,13,22H,10-12H2,1H3,(H,20,23). The van der Waals surface area contributed by atoms with Crippen LogP contribution in [0.5, 0.6) is 0 Å². The molecule has 2 amide bonds. The Kier molecular flexibility index (Phi) is 4.62. The van der Waals surface area contributed by atoms with Crippen LogP contribution in [0, 0.1) is 0 Å². The molecule has 1 aliphatic rings. The lowest BCUT2D eigenvalue weighted by Crippen LogP contribution is -2.42. The van der Waals surface area contributed by atoms with E-state index in [-0.39, 0.29) is 19.1 Å². The van der Waals surface area contributed by atoms with Crippen molar-refractivity contribution >= 4 is 17.5 Å². The van der Waals surface area contributed by atoms with Crippen LogP contribution in [-0.4, -0.2) is 23.5 Å². The van der Waals surface area contributed by atoms with Gasteiger partial charge < -0.3 is 15.3 Å². The molecule has 1 heterocycles. The van der Waals surface area contributed by atoms with Crippen LogP contribution in [0.15, 0.2) is 48.5 Å². The second-order valence-corrected chi connectivity index (χ2v) is 5.99. The van der Waals surface area contributed by atoms with Crippen molar-refractivity contribution in [3.63, 3.8) is 0 Å². The third-order valence-electron chi connectivity index (χ3n) is 4.38. The molecule has 2 N–H and O–H groups in total. The molecule has 3 rings (SSSR count). The molecule has 1 aliphatic heterocycles. The summed E-state index contributed by atoms with van der Waals surface area (Å²) < 4.78 is 0. The second-order valence-electron chi connectivity index (χ2n) is 5.99. The molecule has 2 aromatic rings.